The molecule has 42 heavy (non-hydrogen) atoms. The molecule has 0 amide bonds. The fourth-order valence-corrected chi connectivity index (χ4v) is 5.72. The monoisotopic (exact) mass is 576 g/mol. The lowest BCUT2D eigenvalue weighted by molar-refractivity contribution is -0.145. The summed E-state index contributed by atoms with van der Waals surface area (Å²) in [4.78, 5) is 32.0. The van der Waals surface area contributed by atoms with Crippen LogP contribution in [0.15, 0.2) is 54.7 Å². The van der Waals surface area contributed by atoms with Gasteiger partial charge in [-0.3, -0.25) is 9.69 Å². The molecule has 0 unspecified atom stereocenters. The molecule has 8 heteroatoms. The van der Waals surface area contributed by atoms with Crippen LogP contribution in [0.3, 0.4) is 0 Å². The smallest absolute Gasteiger partial charge is 0.343 e. The van der Waals surface area contributed by atoms with Crippen molar-refractivity contribution in [2.75, 3.05) is 14.2 Å². The lowest BCUT2D eigenvalue weighted by Gasteiger charge is -2.31. The van der Waals surface area contributed by atoms with Gasteiger partial charge in [0.2, 0.25) is 5.88 Å². The van der Waals surface area contributed by atoms with Crippen molar-refractivity contribution in [1.29, 1.82) is 0 Å². The lowest BCUT2D eigenvalue weighted by Crippen LogP contribution is -2.36. The van der Waals surface area contributed by atoms with Crippen LogP contribution >= 0.6 is 0 Å². The van der Waals surface area contributed by atoms with Crippen LogP contribution in [-0.2, 0) is 16.1 Å². The molecule has 1 aromatic heterocycles. The molecule has 3 aromatic rings. The van der Waals surface area contributed by atoms with E-state index in [4.69, 9.17) is 14.2 Å². The van der Waals surface area contributed by atoms with E-state index in [1.165, 1.54) is 14.2 Å². The lowest BCUT2D eigenvalue weighted by atomic mass is 9.83. The molecular weight excluding hydrogens is 535 g/mol. The van der Waals surface area contributed by atoms with E-state index in [0.29, 0.717) is 40.8 Å². The largest absolute Gasteiger partial charge is 0.481 e. The minimum atomic E-state index is -0.516. The van der Waals surface area contributed by atoms with Gasteiger partial charge in [0.25, 0.3) is 0 Å². The molecule has 1 saturated carbocycles. The molecule has 1 heterocycles. The number of hydrogen-bond acceptors (Lipinski definition) is 7. The van der Waals surface area contributed by atoms with Gasteiger partial charge in [0.1, 0.15) is 11.6 Å². The summed E-state index contributed by atoms with van der Waals surface area (Å²) in [6, 6.07) is 14.6. The van der Waals surface area contributed by atoms with Crippen LogP contribution in [0, 0.1) is 17.7 Å². The predicted octanol–water partition coefficient (Wildman–Crippen LogP) is 7.04. The zero-order valence-electron chi connectivity index (χ0n) is 25.5. The molecule has 1 fully saturated rings. The highest BCUT2D eigenvalue weighted by Gasteiger charge is 2.39. The number of rotatable bonds is 12. The summed E-state index contributed by atoms with van der Waals surface area (Å²) in [5, 5.41) is 0. The number of pyridine rings is 1. The third-order valence-electron chi connectivity index (χ3n) is 8.05. The van der Waals surface area contributed by atoms with Crippen LogP contribution in [0.1, 0.15) is 74.9 Å². The maximum Gasteiger partial charge on any atom is 0.343 e. The number of esters is 2. The topological polar surface area (TPSA) is 78.0 Å². The number of halogens is 1. The Balaban J connectivity index is 1.67. The second-order valence-electron chi connectivity index (χ2n) is 11.6. The normalized spacial score (nSPS) is 14.6. The maximum absolute atomic E-state index is 15.0. The summed E-state index contributed by atoms with van der Waals surface area (Å²) in [6.45, 7) is 10.8. The van der Waals surface area contributed by atoms with Crippen molar-refractivity contribution in [3.8, 4) is 22.8 Å². The highest BCUT2D eigenvalue weighted by atomic mass is 19.1. The van der Waals surface area contributed by atoms with E-state index in [9.17, 15) is 9.59 Å². The molecular formula is C34H41FN2O5. The molecule has 7 nitrogen and oxygen atoms in total. The number of methoxy groups -OCH3 is 2. The standard InChI is InChI=1S/C34H41FN2O5/c1-20(2)37(21(3)4)19-26-15-25(13-14-28(26)29-17-31(40-6)36-18-30(29)35)34(39)42-27-10-8-9-24(16-27)32(23-11-12-23)22(5)33(38)41-7/h8-10,13-18,20-23,32H,11-12,19H2,1-7H3/t22-,32-/m0/s1. The van der Waals surface area contributed by atoms with Crippen LogP contribution in [0.5, 0.6) is 11.6 Å². The molecule has 4 rings (SSSR count). The van der Waals surface area contributed by atoms with Crippen molar-refractivity contribution in [2.45, 2.75) is 72.0 Å². The Morgan fingerprint density at radius 2 is 1.69 bits per heavy atom. The van der Waals surface area contributed by atoms with E-state index in [1.54, 1.807) is 30.3 Å². The average Bonchev–Trinajstić information content (AvgIpc) is 3.80. The predicted molar refractivity (Wildman–Crippen MR) is 160 cm³/mol. The Morgan fingerprint density at radius 1 is 0.976 bits per heavy atom. The molecule has 0 radical (unpaired) electrons. The highest BCUT2D eigenvalue weighted by molar-refractivity contribution is 5.92. The summed E-state index contributed by atoms with van der Waals surface area (Å²) >= 11 is 0. The Hall–Kier alpha value is -3.78. The summed E-state index contributed by atoms with van der Waals surface area (Å²) in [6.07, 6.45) is 3.25. The minimum absolute atomic E-state index is 0.00714. The number of nitrogens with zero attached hydrogens (tertiary/aromatic N) is 2. The van der Waals surface area contributed by atoms with Gasteiger partial charge >= 0.3 is 11.9 Å². The summed E-state index contributed by atoms with van der Waals surface area (Å²) in [5.41, 5.74) is 3.09. The molecule has 2 aromatic carbocycles. The van der Waals surface area contributed by atoms with Crippen LogP contribution in [0.25, 0.3) is 11.1 Å². The average molecular weight is 577 g/mol. The zero-order valence-corrected chi connectivity index (χ0v) is 25.5. The van der Waals surface area contributed by atoms with Crippen molar-refractivity contribution in [1.82, 2.24) is 9.88 Å². The highest BCUT2D eigenvalue weighted by Crippen LogP contribution is 2.47. The molecule has 1 aliphatic carbocycles. The minimum Gasteiger partial charge on any atom is -0.481 e. The first-order valence-electron chi connectivity index (χ1n) is 14.5. The Labute approximate surface area is 248 Å². The van der Waals surface area contributed by atoms with Gasteiger partial charge in [-0.1, -0.05) is 25.1 Å². The van der Waals surface area contributed by atoms with Crippen molar-refractivity contribution < 1.29 is 28.2 Å². The van der Waals surface area contributed by atoms with Gasteiger partial charge in [-0.05, 0) is 93.3 Å². The Morgan fingerprint density at radius 3 is 2.31 bits per heavy atom. The van der Waals surface area contributed by atoms with E-state index in [1.807, 2.05) is 25.1 Å². The second-order valence-corrected chi connectivity index (χ2v) is 11.6. The molecule has 0 aliphatic heterocycles. The van der Waals surface area contributed by atoms with E-state index in [2.05, 4.69) is 37.6 Å². The first-order chi connectivity index (χ1) is 20.0. The van der Waals surface area contributed by atoms with Crippen molar-refractivity contribution in [3.63, 3.8) is 0 Å². The Bertz CT molecular complexity index is 1410. The number of carbonyl (C=O) groups is 2. The number of carbonyl (C=O) groups excluding carboxylic acids is 2. The molecule has 224 valence electrons. The second kappa shape index (κ2) is 13.5. The van der Waals surface area contributed by atoms with Gasteiger partial charge in [0.15, 0.2) is 0 Å². The van der Waals surface area contributed by atoms with Crippen LogP contribution in [0.4, 0.5) is 4.39 Å². The van der Waals surface area contributed by atoms with Crippen molar-refractivity contribution in [2.24, 2.45) is 11.8 Å². The SMILES string of the molecule is COC(=O)[C@@H](C)[C@H](c1cccc(OC(=O)c2ccc(-c3cc(OC)ncc3F)c(CN(C(C)C)C(C)C)c2)c1)C1CC1. The molecule has 0 N–H and O–H groups in total. The van der Waals surface area contributed by atoms with E-state index < -0.39 is 11.8 Å². The first-order valence-corrected chi connectivity index (χ1v) is 14.5. The summed E-state index contributed by atoms with van der Waals surface area (Å²) < 4.78 is 31.1. The van der Waals surface area contributed by atoms with E-state index in [0.717, 1.165) is 30.2 Å². The van der Waals surface area contributed by atoms with Gasteiger partial charge in [0.05, 0.1) is 31.9 Å². The quantitative estimate of drug-likeness (QED) is 0.169. The maximum atomic E-state index is 15.0. The molecule has 0 spiro atoms. The first kappa shape index (κ1) is 31.2. The third kappa shape index (κ3) is 7.16. The third-order valence-corrected chi connectivity index (χ3v) is 8.05. The van der Waals surface area contributed by atoms with Crippen LogP contribution in [-0.4, -0.2) is 48.1 Å². The van der Waals surface area contributed by atoms with Crippen molar-refractivity contribution in [3.05, 3.63) is 77.2 Å². The number of benzene rings is 2. The molecule has 2 atom stereocenters. The van der Waals surface area contributed by atoms with Gasteiger partial charge in [-0.25, -0.2) is 14.2 Å². The van der Waals surface area contributed by atoms with Crippen LogP contribution < -0.4 is 9.47 Å². The van der Waals surface area contributed by atoms with Crippen LogP contribution in [0.2, 0.25) is 0 Å². The number of ether oxygens (including phenoxy) is 3. The fraction of sp³-hybridized carbons (Fsp3) is 0.441. The Kier molecular flexibility index (Phi) is 9.99. The summed E-state index contributed by atoms with van der Waals surface area (Å²) in [7, 11) is 2.89. The number of aromatic nitrogens is 1. The zero-order chi connectivity index (χ0) is 30.6. The van der Waals surface area contributed by atoms with Gasteiger partial charge < -0.3 is 14.2 Å². The summed E-state index contributed by atoms with van der Waals surface area (Å²) in [5.74, 6) is -0.446. The molecule has 0 bridgehead atoms. The van der Waals surface area contributed by atoms with E-state index in [-0.39, 0.29) is 29.9 Å². The van der Waals surface area contributed by atoms with Gasteiger partial charge in [0, 0.05) is 30.3 Å². The van der Waals surface area contributed by atoms with E-state index >= 15 is 4.39 Å². The molecule has 1 aliphatic rings. The van der Waals surface area contributed by atoms with Gasteiger partial charge in [-0.15, -0.1) is 0 Å². The fourth-order valence-electron chi connectivity index (χ4n) is 5.72. The van der Waals surface area contributed by atoms with Crippen molar-refractivity contribution >= 4 is 11.9 Å². The number of hydrogen-bond donors (Lipinski definition) is 0. The van der Waals surface area contributed by atoms with Gasteiger partial charge in [-0.2, -0.15) is 0 Å². The molecule has 0 saturated heterocycles.